The van der Waals surface area contributed by atoms with Gasteiger partial charge >= 0.3 is 5.97 Å². The van der Waals surface area contributed by atoms with Crippen LogP contribution in [0, 0.1) is 6.92 Å². The van der Waals surface area contributed by atoms with Crippen LogP contribution in [0.1, 0.15) is 57.9 Å². The van der Waals surface area contributed by atoms with Gasteiger partial charge in [0.2, 0.25) is 0 Å². The van der Waals surface area contributed by atoms with E-state index in [1.807, 2.05) is 30.3 Å². The van der Waals surface area contributed by atoms with Crippen LogP contribution in [0.25, 0.3) is 0 Å². The largest absolute Gasteiger partial charge is 0.456 e. The highest BCUT2D eigenvalue weighted by atomic mass is 16.6. The number of benzene rings is 4. The van der Waals surface area contributed by atoms with Gasteiger partial charge in [0.15, 0.2) is 5.60 Å². The molecule has 1 fully saturated rings. The monoisotopic (exact) mass is 546 g/mol. The van der Waals surface area contributed by atoms with Gasteiger partial charge < -0.3 is 24.4 Å². The SMILES string of the molecule is CCCCc1ccc(Nc2cc3c(cc2C)Oc2cc(N4CCOCC4)ccc2C32OC(=O)c3ccccc32)cc1. The predicted octanol–water partition coefficient (Wildman–Crippen LogP) is 7.49. The summed E-state index contributed by atoms with van der Waals surface area (Å²) in [7, 11) is 0. The van der Waals surface area contributed by atoms with Gasteiger partial charge in [0.1, 0.15) is 11.5 Å². The Kier molecular flexibility index (Phi) is 6.43. The quantitative estimate of drug-likeness (QED) is 0.253. The zero-order valence-corrected chi connectivity index (χ0v) is 23.5. The Morgan fingerprint density at radius 3 is 2.46 bits per heavy atom. The number of esters is 1. The summed E-state index contributed by atoms with van der Waals surface area (Å²) in [5.41, 5.74) is 7.38. The lowest BCUT2D eigenvalue weighted by Crippen LogP contribution is -2.37. The van der Waals surface area contributed by atoms with Gasteiger partial charge in [-0.05, 0) is 73.4 Å². The van der Waals surface area contributed by atoms with E-state index in [1.165, 1.54) is 18.4 Å². The van der Waals surface area contributed by atoms with Gasteiger partial charge in [0.25, 0.3) is 0 Å². The minimum absolute atomic E-state index is 0.325. The van der Waals surface area contributed by atoms with Gasteiger partial charge in [0, 0.05) is 52.9 Å². The molecule has 3 aliphatic heterocycles. The van der Waals surface area contributed by atoms with Crippen molar-refractivity contribution >= 4 is 23.0 Å². The molecule has 0 saturated carbocycles. The number of hydrogen-bond donors (Lipinski definition) is 1. The van der Waals surface area contributed by atoms with E-state index in [4.69, 9.17) is 14.2 Å². The van der Waals surface area contributed by atoms with Crippen LogP contribution in [0.5, 0.6) is 11.5 Å². The fourth-order valence-electron chi connectivity index (χ4n) is 6.25. The van der Waals surface area contributed by atoms with Crippen molar-refractivity contribution in [1.29, 1.82) is 0 Å². The molecule has 0 aromatic heterocycles. The van der Waals surface area contributed by atoms with E-state index in [-0.39, 0.29) is 5.97 Å². The summed E-state index contributed by atoms with van der Waals surface area (Å²) in [6.45, 7) is 7.34. The van der Waals surface area contributed by atoms with Gasteiger partial charge in [-0.2, -0.15) is 0 Å². The molecule has 1 atom stereocenters. The first-order valence-electron chi connectivity index (χ1n) is 14.6. The summed E-state index contributed by atoms with van der Waals surface area (Å²) in [6, 6.07) is 26.7. The summed E-state index contributed by atoms with van der Waals surface area (Å²) in [4.78, 5) is 15.6. The van der Waals surface area contributed by atoms with E-state index in [1.54, 1.807) is 0 Å². The van der Waals surface area contributed by atoms with Crippen LogP contribution in [0.15, 0.2) is 78.9 Å². The van der Waals surface area contributed by atoms with Crippen molar-refractivity contribution in [2.75, 3.05) is 36.5 Å². The van der Waals surface area contributed by atoms with Crippen LogP contribution < -0.4 is 15.0 Å². The molecule has 3 aliphatic rings. The Balaban J connectivity index is 1.33. The maximum absolute atomic E-state index is 13.3. The Bertz CT molecular complexity index is 1620. The zero-order valence-electron chi connectivity index (χ0n) is 23.5. The van der Waals surface area contributed by atoms with Crippen LogP contribution in [0.3, 0.4) is 0 Å². The second-order valence-electron chi connectivity index (χ2n) is 11.1. The third-order valence-corrected chi connectivity index (χ3v) is 8.47. The highest BCUT2D eigenvalue weighted by Gasteiger charge is 2.53. The summed E-state index contributed by atoms with van der Waals surface area (Å²) >= 11 is 0. The number of nitrogens with one attached hydrogen (secondary N) is 1. The first-order valence-corrected chi connectivity index (χ1v) is 14.6. The Morgan fingerprint density at radius 1 is 0.878 bits per heavy atom. The van der Waals surface area contributed by atoms with E-state index in [0.29, 0.717) is 30.3 Å². The van der Waals surface area contributed by atoms with Crippen LogP contribution in [0.4, 0.5) is 17.1 Å². The summed E-state index contributed by atoms with van der Waals surface area (Å²) < 4.78 is 18.6. The van der Waals surface area contributed by atoms with Crippen LogP contribution in [-0.2, 0) is 21.5 Å². The first kappa shape index (κ1) is 25.7. The Hall–Kier alpha value is -4.29. The maximum atomic E-state index is 13.3. The fourth-order valence-corrected chi connectivity index (χ4v) is 6.25. The lowest BCUT2D eigenvalue weighted by atomic mass is 9.77. The summed E-state index contributed by atoms with van der Waals surface area (Å²) in [6.07, 6.45) is 3.46. The van der Waals surface area contributed by atoms with Gasteiger partial charge in [-0.1, -0.05) is 43.7 Å². The van der Waals surface area contributed by atoms with E-state index >= 15 is 0 Å². The number of nitrogens with zero attached hydrogens (tertiary/aromatic N) is 1. The van der Waals surface area contributed by atoms with Crippen molar-refractivity contribution in [1.82, 2.24) is 0 Å². The minimum Gasteiger partial charge on any atom is -0.456 e. The third-order valence-electron chi connectivity index (χ3n) is 8.47. The number of rotatable bonds is 6. The Morgan fingerprint density at radius 2 is 1.66 bits per heavy atom. The molecule has 208 valence electrons. The van der Waals surface area contributed by atoms with Crippen molar-refractivity contribution in [3.63, 3.8) is 0 Å². The molecule has 4 aromatic rings. The standard InChI is InChI=1S/C35H34N2O4/c1-3-4-7-24-10-12-25(13-11-24)36-31-22-30-32(20-23(31)2)40-33-21-26(37-16-18-39-19-17-37)14-15-29(33)35(30)28-9-6-5-8-27(28)34(38)41-35/h5-6,8-15,20-22,36H,3-4,7,16-19H2,1-2H3. The molecular weight excluding hydrogens is 512 g/mol. The molecule has 7 rings (SSSR count). The van der Waals surface area contributed by atoms with E-state index in [0.717, 1.165) is 58.8 Å². The second kappa shape index (κ2) is 10.3. The van der Waals surface area contributed by atoms with Gasteiger partial charge in [-0.15, -0.1) is 0 Å². The molecule has 0 bridgehead atoms. The minimum atomic E-state index is -1.10. The van der Waals surface area contributed by atoms with Crippen molar-refractivity contribution in [3.05, 3.63) is 112 Å². The molecule has 1 N–H and O–H groups in total. The molecular formula is C35H34N2O4. The summed E-state index contributed by atoms with van der Waals surface area (Å²) in [5.74, 6) is 1.07. The van der Waals surface area contributed by atoms with Crippen molar-refractivity contribution in [2.45, 2.75) is 38.7 Å². The van der Waals surface area contributed by atoms with Crippen LogP contribution in [0.2, 0.25) is 0 Å². The number of aryl methyl sites for hydroxylation is 2. The topological polar surface area (TPSA) is 60.0 Å². The summed E-state index contributed by atoms with van der Waals surface area (Å²) in [5, 5.41) is 3.61. The van der Waals surface area contributed by atoms with Crippen LogP contribution in [-0.4, -0.2) is 32.3 Å². The predicted molar refractivity (Wildman–Crippen MR) is 161 cm³/mol. The average Bonchev–Trinajstić information content (AvgIpc) is 3.30. The number of anilines is 3. The normalized spacial score (nSPS) is 18.8. The number of ether oxygens (including phenoxy) is 3. The van der Waals surface area contributed by atoms with E-state index in [2.05, 4.69) is 72.6 Å². The lowest BCUT2D eigenvalue weighted by Gasteiger charge is -2.38. The molecule has 1 unspecified atom stereocenters. The molecule has 0 amide bonds. The number of hydrogen-bond acceptors (Lipinski definition) is 6. The highest BCUT2D eigenvalue weighted by Crippen LogP contribution is 2.57. The number of unbranched alkanes of at least 4 members (excludes halogenated alkanes) is 1. The molecule has 0 aliphatic carbocycles. The van der Waals surface area contributed by atoms with Gasteiger partial charge in [-0.25, -0.2) is 4.79 Å². The van der Waals surface area contributed by atoms with Gasteiger partial charge in [-0.3, -0.25) is 0 Å². The van der Waals surface area contributed by atoms with Crippen LogP contribution >= 0.6 is 0 Å². The number of carbonyl (C=O) groups excluding carboxylic acids is 1. The van der Waals surface area contributed by atoms with E-state index in [9.17, 15) is 4.79 Å². The highest BCUT2D eigenvalue weighted by molar-refractivity contribution is 5.97. The van der Waals surface area contributed by atoms with Crippen molar-refractivity contribution < 1.29 is 19.0 Å². The molecule has 1 saturated heterocycles. The fraction of sp³-hybridized carbons (Fsp3) is 0.286. The molecule has 4 aromatic carbocycles. The number of carbonyl (C=O) groups is 1. The van der Waals surface area contributed by atoms with E-state index < -0.39 is 5.60 Å². The third kappa shape index (κ3) is 4.34. The zero-order chi connectivity index (χ0) is 28.0. The Labute approximate surface area is 240 Å². The smallest absolute Gasteiger partial charge is 0.340 e. The number of morpholine rings is 1. The molecule has 41 heavy (non-hydrogen) atoms. The molecule has 3 heterocycles. The van der Waals surface area contributed by atoms with Crippen molar-refractivity contribution in [2.24, 2.45) is 0 Å². The van der Waals surface area contributed by atoms with Crippen molar-refractivity contribution in [3.8, 4) is 11.5 Å². The molecule has 0 radical (unpaired) electrons. The lowest BCUT2D eigenvalue weighted by molar-refractivity contribution is 0.0224. The first-order chi connectivity index (χ1) is 20.1. The molecule has 6 nitrogen and oxygen atoms in total. The van der Waals surface area contributed by atoms with Gasteiger partial charge in [0.05, 0.1) is 18.8 Å². The molecule has 1 spiro atoms. The number of fused-ring (bicyclic) bond motifs is 6. The molecule has 6 heteroatoms. The average molecular weight is 547 g/mol. The maximum Gasteiger partial charge on any atom is 0.340 e. The second-order valence-corrected chi connectivity index (χ2v) is 11.1.